The predicted molar refractivity (Wildman–Crippen MR) is 186 cm³/mol. The molecule has 0 aliphatic heterocycles. The standard InChI is InChI=1S/C34H47N5O9S/c1-22(35)36-27(20-24-12-14-25(15-13-24)47-33(45)48-34(2,3)4)31(43)37-26(17-19-49(6)46)30(42)38-28(21-23-10-8-7-9-11-23)32(44)39(5)18-16-29(40)41/h7-15,26-28H,16-21H2,1-6H3,(H2,35,36)(H,37,43)(H,38,42)(H,40,41)/t26-,27+,28+,49?/m1/s1. The number of hydrogen-bond acceptors (Lipinski definition) is 9. The summed E-state index contributed by atoms with van der Waals surface area (Å²) in [5.41, 5.74) is 6.52. The van der Waals surface area contributed by atoms with E-state index in [-0.39, 0.29) is 49.6 Å². The van der Waals surface area contributed by atoms with E-state index in [0.717, 1.165) is 5.56 Å². The molecule has 2 aromatic rings. The maximum atomic E-state index is 13.7. The fourth-order valence-electron chi connectivity index (χ4n) is 4.51. The van der Waals surface area contributed by atoms with Crippen LogP contribution in [0.15, 0.2) is 59.6 Å². The molecule has 0 saturated heterocycles. The molecule has 49 heavy (non-hydrogen) atoms. The Labute approximate surface area is 289 Å². The monoisotopic (exact) mass is 701 g/mol. The van der Waals surface area contributed by atoms with Crippen LogP contribution in [0.3, 0.4) is 0 Å². The SMILES string of the molecule is CC(N)=N[C@@H](Cc1ccc(OC(=O)OC(C)(C)C)cc1)C(=O)N[C@H](CCS(C)=O)C(=O)N[C@@H](Cc1ccccc1)C(=O)N(C)CCC(=O)O. The molecule has 0 aromatic heterocycles. The average Bonchev–Trinajstić information content (AvgIpc) is 3.00. The number of hydrogen-bond donors (Lipinski definition) is 4. The van der Waals surface area contributed by atoms with Gasteiger partial charge in [0.15, 0.2) is 0 Å². The molecule has 0 aliphatic carbocycles. The van der Waals surface area contributed by atoms with Gasteiger partial charge in [-0.25, -0.2) is 4.79 Å². The van der Waals surface area contributed by atoms with E-state index in [0.29, 0.717) is 5.56 Å². The van der Waals surface area contributed by atoms with Gasteiger partial charge in [-0.05, 0) is 57.4 Å². The van der Waals surface area contributed by atoms with Gasteiger partial charge in [0.05, 0.1) is 12.3 Å². The summed E-state index contributed by atoms with van der Waals surface area (Å²) in [6, 6.07) is 12.0. The predicted octanol–water partition coefficient (Wildman–Crippen LogP) is 2.20. The molecule has 0 aliphatic rings. The number of carboxylic acid groups (broad SMARTS) is 1. The summed E-state index contributed by atoms with van der Waals surface area (Å²) in [4.78, 5) is 69.3. The summed E-state index contributed by atoms with van der Waals surface area (Å²) in [7, 11) is 0.144. The van der Waals surface area contributed by atoms with Gasteiger partial charge in [-0.1, -0.05) is 42.5 Å². The van der Waals surface area contributed by atoms with Crippen LogP contribution < -0.4 is 21.1 Å². The van der Waals surface area contributed by atoms with Crippen LogP contribution in [0, 0.1) is 0 Å². The third-order valence-electron chi connectivity index (χ3n) is 6.87. The molecular formula is C34H47N5O9S. The van der Waals surface area contributed by atoms with Crippen molar-refractivity contribution in [3.8, 4) is 5.75 Å². The van der Waals surface area contributed by atoms with Crippen molar-refractivity contribution >= 4 is 46.5 Å². The van der Waals surface area contributed by atoms with E-state index < -0.39 is 64.4 Å². The van der Waals surface area contributed by atoms with Crippen LogP contribution in [0.4, 0.5) is 4.79 Å². The van der Waals surface area contributed by atoms with E-state index in [1.165, 1.54) is 37.3 Å². The average molecular weight is 702 g/mol. The van der Waals surface area contributed by atoms with Crippen LogP contribution in [0.2, 0.25) is 0 Å². The number of nitrogens with zero attached hydrogens (tertiary/aromatic N) is 2. The summed E-state index contributed by atoms with van der Waals surface area (Å²) in [5.74, 6) is -2.47. The van der Waals surface area contributed by atoms with Crippen molar-refractivity contribution in [2.24, 2.45) is 10.7 Å². The number of likely N-dealkylation sites (N-methyl/N-ethyl adjacent to an activating group) is 1. The number of amides is 3. The number of ether oxygens (including phenoxy) is 2. The molecular weight excluding hydrogens is 654 g/mol. The van der Waals surface area contributed by atoms with E-state index in [2.05, 4.69) is 15.6 Å². The zero-order valence-corrected chi connectivity index (χ0v) is 29.6. The van der Waals surface area contributed by atoms with Gasteiger partial charge in [-0.15, -0.1) is 0 Å². The van der Waals surface area contributed by atoms with Crippen LogP contribution in [0.1, 0.15) is 51.7 Å². The molecule has 0 fully saturated rings. The number of carbonyl (C=O) groups is 5. The first-order valence-electron chi connectivity index (χ1n) is 15.6. The summed E-state index contributed by atoms with van der Waals surface area (Å²) in [5, 5.41) is 14.5. The first-order chi connectivity index (χ1) is 22.9. The minimum absolute atomic E-state index is 0.00344. The maximum absolute atomic E-state index is 13.7. The second-order valence-corrected chi connectivity index (χ2v) is 14.0. The highest BCUT2D eigenvalue weighted by Gasteiger charge is 2.31. The minimum Gasteiger partial charge on any atom is -0.481 e. The summed E-state index contributed by atoms with van der Waals surface area (Å²) in [6.07, 6.45) is 0.503. The second kappa shape index (κ2) is 19.3. The van der Waals surface area contributed by atoms with Crippen LogP contribution in [-0.2, 0) is 47.6 Å². The number of nitrogens with one attached hydrogen (secondary N) is 2. The van der Waals surface area contributed by atoms with Gasteiger partial charge in [0.1, 0.15) is 29.5 Å². The molecule has 0 spiro atoms. The molecule has 1 unspecified atom stereocenters. The van der Waals surface area contributed by atoms with Gasteiger partial charge in [0, 0.05) is 49.2 Å². The summed E-state index contributed by atoms with van der Waals surface area (Å²) < 4.78 is 22.4. The number of aliphatic imine (C=N–C) groups is 1. The van der Waals surface area contributed by atoms with Crippen LogP contribution in [0.25, 0.3) is 0 Å². The lowest BCUT2D eigenvalue weighted by molar-refractivity contribution is -0.139. The van der Waals surface area contributed by atoms with Gasteiger partial charge in [0.2, 0.25) is 17.7 Å². The van der Waals surface area contributed by atoms with Crippen LogP contribution in [-0.4, -0.2) is 99.2 Å². The Bertz CT molecular complexity index is 1490. The Morgan fingerprint density at radius 1 is 0.939 bits per heavy atom. The molecule has 0 saturated carbocycles. The Kier molecular flexibility index (Phi) is 15.9. The molecule has 2 rings (SSSR count). The molecule has 2 aromatic carbocycles. The second-order valence-electron chi connectivity index (χ2n) is 12.5. The van der Waals surface area contributed by atoms with E-state index in [1.54, 1.807) is 57.2 Å². The van der Waals surface area contributed by atoms with Crippen molar-refractivity contribution in [2.75, 3.05) is 25.6 Å². The molecule has 14 nitrogen and oxygen atoms in total. The van der Waals surface area contributed by atoms with Gasteiger partial charge in [-0.2, -0.15) is 0 Å². The van der Waals surface area contributed by atoms with E-state index in [1.807, 2.05) is 6.07 Å². The van der Waals surface area contributed by atoms with Gasteiger partial charge in [0.25, 0.3) is 0 Å². The lowest BCUT2D eigenvalue weighted by Gasteiger charge is -2.27. The van der Waals surface area contributed by atoms with Crippen molar-refractivity contribution in [1.82, 2.24) is 15.5 Å². The van der Waals surface area contributed by atoms with Crippen LogP contribution in [0.5, 0.6) is 5.75 Å². The lowest BCUT2D eigenvalue weighted by Crippen LogP contribution is -2.56. The largest absolute Gasteiger partial charge is 0.514 e. The molecule has 4 atom stereocenters. The Morgan fingerprint density at radius 3 is 2.08 bits per heavy atom. The number of rotatable bonds is 17. The normalized spacial score (nSPS) is 14.0. The lowest BCUT2D eigenvalue weighted by atomic mass is 10.0. The number of amidine groups is 1. The zero-order chi connectivity index (χ0) is 36.7. The van der Waals surface area contributed by atoms with Gasteiger partial charge >= 0.3 is 12.1 Å². The highest BCUT2D eigenvalue weighted by Crippen LogP contribution is 2.17. The molecule has 5 N–H and O–H groups in total. The van der Waals surface area contributed by atoms with Crippen molar-refractivity contribution in [1.29, 1.82) is 0 Å². The maximum Gasteiger partial charge on any atom is 0.514 e. The zero-order valence-electron chi connectivity index (χ0n) is 28.8. The van der Waals surface area contributed by atoms with Crippen molar-refractivity contribution in [2.45, 2.75) is 77.1 Å². The quantitative estimate of drug-likeness (QED) is 0.0819. The molecule has 0 bridgehead atoms. The third kappa shape index (κ3) is 15.8. The Balaban J connectivity index is 2.27. The van der Waals surface area contributed by atoms with E-state index in [9.17, 15) is 28.2 Å². The fourth-order valence-corrected chi connectivity index (χ4v) is 5.08. The topological polar surface area (TPSA) is 207 Å². The smallest absolute Gasteiger partial charge is 0.481 e. The number of aliphatic carboxylic acids is 1. The highest BCUT2D eigenvalue weighted by atomic mass is 32.2. The van der Waals surface area contributed by atoms with Crippen LogP contribution >= 0.6 is 0 Å². The first-order valence-corrected chi connectivity index (χ1v) is 17.4. The summed E-state index contributed by atoms with van der Waals surface area (Å²) >= 11 is 0. The van der Waals surface area contributed by atoms with Gasteiger partial charge < -0.3 is 35.8 Å². The number of nitrogens with two attached hydrogens (primary N) is 1. The Hall–Kier alpha value is -4.79. The van der Waals surface area contributed by atoms with Crippen molar-refractivity contribution in [3.63, 3.8) is 0 Å². The molecule has 3 amide bonds. The van der Waals surface area contributed by atoms with E-state index in [4.69, 9.17) is 20.3 Å². The third-order valence-corrected chi connectivity index (χ3v) is 7.68. The Morgan fingerprint density at radius 2 is 1.53 bits per heavy atom. The summed E-state index contributed by atoms with van der Waals surface area (Å²) in [6.45, 7) is 6.58. The fraction of sp³-hybridized carbons (Fsp3) is 0.471. The van der Waals surface area contributed by atoms with E-state index >= 15 is 0 Å². The molecule has 0 heterocycles. The van der Waals surface area contributed by atoms with Gasteiger partial charge in [-0.3, -0.25) is 28.4 Å². The highest BCUT2D eigenvalue weighted by molar-refractivity contribution is 7.84. The number of carboxylic acids is 1. The molecule has 268 valence electrons. The van der Waals surface area contributed by atoms with Crippen molar-refractivity contribution < 1.29 is 42.8 Å². The first kappa shape index (κ1) is 40.4. The number of benzene rings is 2. The van der Waals surface area contributed by atoms with Crippen molar-refractivity contribution in [3.05, 3.63) is 65.7 Å². The molecule has 0 radical (unpaired) electrons. The molecule has 15 heteroatoms. The minimum atomic E-state index is -1.30. The number of carbonyl (C=O) groups excluding carboxylic acids is 4.